The maximum absolute atomic E-state index is 12.8. The van der Waals surface area contributed by atoms with E-state index in [4.69, 9.17) is 4.74 Å². The zero-order chi connectivity index (χ0) is 19.3. The molecule has 2 rings (SSSR count). The molecule has 0 saturated heterocycles. The van der Waals surface area contributed by atoms with Crippen LogP contribution < -0.4 is 10.9 Å². The summed E-state index contributed by atoms with van der Waals surface area (Å²) in [6.45, 7) is 1.99. The number of benzene rings is 1. The van der Waals surface area contributed by atoms with E-state index in [1.807, 2.05) is 0 Å². The van der Waals surface area contributed by atoms with Crippen LogP contribution in [0, 0.1) is 0 Å². The Morgan fingerprint density at radius 2 is 2.04 bits per heavy atom. The third kappa shape index (κ3) is 4.92. The number of carbonyl (C=O) groups excluding carboxylic acids is 1. The fourth-order valence-corrected chi connectivity index (χ4v) is 2.25. The lowest BCUT2D eigenvalue weighted by atomic mass is 10.0. The van der Waals surface area contributed by atoms with Crippen molar-refractivity contribution in [1.29, 1.82) is 0 Å². The molecule has 1 aromatic carbocycles. The Balaban J connectivity index is 2.16. The van der Waals surface area contributed by atoms with Gasteiger partial charge >= 0.3 is 6.18 Å². The van der Waals surface area contributed by atoms with Crippen LogP contribution >= 0.6 is 0 Å². The summed E-state index contributed by atoms with van der Waals surface area (Å²) in [4.78, 5) is 24.0. The lowest BCUT2D eigenvalue weighted by Gasteiger charge is -2.16. The lowest BCUT2D eigenvalue weighted by molar-refractivity contribution is -0.137. The number of nitrogens with zero attached hydrogens (tertiary/aromatic N) is 2. The zero-order valence-electron chi connectivity index (χ0n) is 14.2. The van der Waals surface area contributed by atoms with Gasteiger partial charge < -0.3 is 10.1 Å². The molecule has 0 bridgehead atoms. The molecule has 1 N–H and O–H groups in total. The van der Waals surface area contributed by atoms with Crippen LogP contribution in [0.2, 0.25) is 0 Å². The molecular weight excluding hydrogens is 351 g/mol. The summed E-state index contributed by atoms with van der Waals surface area (Å²) in [5.41, 5.74) is -0.882. The van der Waals surface area contributed by atoms with Crippen molar-refractivity contribution in [2.24, 2.45) is 0 Å². The molecule has 0 spiro atoms. The summed E-state index contributed by atoms with van der Waals surface area (Å²) >= 11 is 0. The van der Waals surface area contributed by atoms with E-state index in [0.29, 0.717) is 5.56 Å². The largest absolute Gasteiger partial charge is 0.416 e. The molecule has 1 aromatic heterocycles. The Hall–Kier alpha value is -2.68. The van der Waals surface area contributed by atoms with Crippen molar-refractivity contribution in [3.05, 3.63) is 63.6 Å². The van der Waals surface area contributed by atoms with Gasteiger partial charge in [0.25, 0.3) is 11.5 Å². The predicted molar refractivity (Wildman–Crippen MR) is 87.7 cm³/mol. The standard InChI is InChI=1S/C17H18F3N3O3/c1-11(12-4-3-5-13(10-12)17(18,19)20)21-16(25)14-6-7-15(24)23(22-14)8-9-26-2/h3-7,10-11H,8-9H2,1-2H3,(H,21,25). The number of halogens is 3. The average molecular weight is 369 g/mol. The van der Waals surface area contributed by atoms with Gasteiger partial charge in [-0.15, -0.1) is 0 Å². The van der Waals surface area contributed by atoms with Crippen molar-refractivity contribution in [2.45, 2.75) is 25.7 Å². The summed E-state index contributed by atoms with van der Waals surface area (Å²) in [6.07, 6.45) is -4.46. The number of rotatable bonds is 6. The van der Waals surface area contributed by atoms with Crippen LogP contribution in [0.3, 0.4) is 0 Å². The number of ether oxygens (including phenoxy) is 1. The Kier molecular flexibility index (Phi) is 6.14. The summed E-state index contributed by atoms with van der Waals surface area (Å²) in [6, 6.07) is 6.51. The Morgan fingerprint density at radius 3 is 2.69 bits per heavy atom. The maximum atomic E-state index is 12.8. The Bertz CT molecular complexity index is 834. The van der Waals surface area contributed by atoms with Crippen molar-refractivity contribution in [3.63, 3.8) is 0 Å². The second-order valence-electron chi connectivity index (χ2n) is 5.59. The van der Waals surface area contributed by atoms with Crippen LogP contribution in [0.15, 0.2) is 41.2 Å². The van der Waals surface area contributed by atoms with Crippen molar-refractivity contribution in [1.82, 2.24) is 15.1 Å². The van der Waals surface area contributed by atoms with E-state index < -0.39 is 23.7 Å². The number of carbonyl (C=O) groups is 1. The highest BCUT2D eigenvalue weighted by Gasteiger charge is 2.30. The molecule has 2 aromatic rings. The molecule has 1 heterocycles. The van der Waals surface area contributed by atoms with Gasteiger partial charge in [-0.2, -0.15) is 18.3 Å². The van der Waals surface area contributed by atoms with E-state index in [1.165, 1.54) is 31.4 Å². The molecule has 0 fully saturated rings. The molecule has 0 aliphatic rings. The van der Waals surface area contributed by atoms with Crippen LogP contribution in [0.1, 0.15) is 34.6 Å². The third-order valence-corrected chi connectivity index (χ3v) is 3.67. The normalized spacial score (nSPS) is 12.7. The fraction of sp³-hybridized carbons (Fsp3) is 0.353. The summed E-state index contributed by atoms with van der Waals surface area (Å²) in [5, 5.41) is 6.52. The van der Waals surface area contributed by atoms with E-state index in [2.05, 4.69) is 10.4 Å². The quantitative estimate of drug-likeness (QED) is 0.849. The van der Waals surface area contributed by atoms with Crippen molar-refractivity contribution >= 4 is 5.91 Å². The minimum Gasteiger partial charge on any atom is -0.383 e. The number of methoxy groups -OCH3 is 1. The summed E-state index contributed by atoms with van der Waals surface area (Å²) < 4.78 is 44.4. The van der Waals surface area contributed by atoms with E-state index in [0.717, 1.165) is 16.8 Å². The summed E-state index contributed by atoms with van der Waals surface area (Å²) in [7, 11) is 1.47. The van der Waals surface area contributed by atoms with Crippen LogP contribution in [0.25, 0.3) is 0 Å². The van der Waals surface area contributed by atoms with Gasteiger partial charge in [-0.05, 0) is 30.7 Å². The van der Waals surface area contributed by atoms with Crippen LogP contribution in [0.4, 0.5) is 13.2 Å². The van der Waals surface area contributed by atoms with Gasteiger partial charge in [-0.1, -0.05) is 12.1 Å². The molecule has 26 heavy (non-hydrogen) atoms. The Labute approximate surface area is 147 Å². The second-order valence-corrected chi connectivity index (χ2v) is 5.59. The van der Waals surface area contributed by atoms with Gasteiger partial charge in [0.2, 0.25) is 0 Å². The van der Waals surface area contributed by atoms with Gasteiger partial charge in [0, 0.05) is 13.2 Å². The highest BCUT2D eigenvalue weighted by Crippen LogP contribution is 2.30. The van der Waals surface area contributed by atoms with Gasteiger partial charge in [-0.3, -0.25) is 9.59 Å². The van der Waals surface area contributed by atoms with Crippen molar-refractivity contribution in [2.75, 3.05) is 13.7 Å². The molecule has 1 amide bonds. The van der Waals surface area contributed by atoms with Crippen molar-refractivity contribution < 1.29 is 22.7 Å². The average Bonchev–Trinajstić information content (AvgIpc) is 2.60. The maximum Gasteiger partial charge on any atom is 0.416 e. The van der Waals surface area contributed by atoms with E-state index in [-0.39, 0.29) is 24.4 Å². The molecule has 1 unspecified atom stereocenters. The monoisotopic (exact) mass is 369 g/mol. The molecule has 9 heteroatoms. The molecular formula is C17H18F3N3O3. The molecule has 140 valence electrons. The molecule has 0 aliphatic heterocycles. The number of alkyl halides is 3. The minimum absolute atomic E-state index is 0.0143. The fourth-order valence-electron chi connectivity index (χ4n) is 2.25. The first-order valence-corrected chi connectivity index (χ1v) is 7.77. The van der Waals surface area contributed by atoms with Crippen LogP contribution in [0.5, 0.6) is 0 Å². The highest BCUT2D eigenvalue weighted by molar-refractivity contribution is 5.92. The molecule has 1 atom stereocenters. The van der Waals surface area contributed by atoms with E-state index >= 15 is 0 Å². The minimum atomic E-state index is -4.46. The summed E-state index contributed by atoms with van der Waals surface area (Å²) in [5.74, 6) is -0.596. The van der Waals surface area contributed by atoms with Gasteiger partial charge in [0.05, 0.1) is 24.8 Å². The van der Waals surface area contributed by atoms with Crippen LogP contribution in [-0.2, 0) is 17.5 Å². The van der Waals surface area contributed by atoms with E-state index in [9.17, 15) is 22.8 Å². The number of nitrogens with one attached hydrogen (secondary N) is 1. The van der Waals surface area contributed by atoms with Gasteiger partial charge in [0.1, 0.15) is 5.69 Å². The smallest absolute Gasteiger partial charge is 0.383 e. The van der Waals surface area contributed by atoms with Gasteiger partial charge in [-0.25, -0.2) is 4.68 Å². The lowest BCUT2D eigenvalue weighted by Crippen LogP contribution is -2.31. The topological polar surface area (TPSA) is 73.2 Å². The molecule has 6 nitrogen and oxygen atoms in total. The number of amides is 1. The number of aromatic nitrogens is 2. The highest BCUT2D eigenvalue weighted by atomic mass is 19.4. The van der Waals surface area contributed by atoms with Crippen molar-refractivity contribution in [3.8, 4) is 0 Å². The number of hydrogen-bond acceptors (Lipinski definition) is 4. The molecule has 0 saturated carbocycles. The first-order valence-electron chi connectivity index (χ1n) is 7.77. The predicted octanol–water partition coefficient (Wildman–Crippen LogP) is 2.40. The third-order valence-electron chi connectivity index (χ3n) is 3.67. The zero-order valence-corrected chi connectivity index (χ0v) is 14.2. The van der Waals surface area contributed by atoms with Crippen LogP contribution in [-0.4, -0.2) is 29.4 Å². The molecule has 0 radical (unpaired) electrons. The van der Waals surface area contributed by atoms with E-state index in [1.54, 1.807) is 6.92 Å². The first-order chi connectivity index (χ1) is 12.2. The number of hydrogen-bond donors (Lipinski definition) is 1. The molecule has 0 aliphatic carbocycles. The second kappa shape index (κ2) is 8.13. The SMILES string of the molecule is COCCn1nc(C(=O)NC(C)c2cccc(C(F)(F)F)c2)ccc1=O. The Morgan fingerprint density at radius 1 is 1.31 bits per heavy atom. The first kappa shape index (κ1) is 19.6. The van der Waals surface area contributed by atoms with Gasteiger partial charge in [0.15, 0.2) is 0 Å².